The van der Waals surface area contributed by atoms with E-state index in [1.165, 1.54) is 0 Å². The van der Waals surface area contributed by atoms with E-state index in [-0.39, 0.29) is 12.5 Å². The van der Waals surface area contributed by atoms with Gasteiger partial charge in [0.15, 0.2) is 0 Å². The molecule has 1 saturated heterocycles. The molecule has 0 amide bonds. The molecule has 0 radical (unpaired) electrons. The molecule has 0 unspecified atom stereocenters. The van der Waals surface area contributed by atoms with Gasteiger partial charge in [-0.25, -0.2) is 0 Å². The number of aliphatic hydroxyl groups excluding tert-OH is 1. The van der Waals surface area contributed by atoms with Crippen molar-refractivity contribution in [3.05, 3.63) is 0 Å². The van der Waals surface area contributed by atoms with Gasteiger partial charge in [-0.1, -0.05) is 0 Å². The lowest BCUT2D eigenvalue weighted by Gasteiger charge is -2.29. The van der Waals surface area contributed by atoms with Gasteiger partial charge in [0.1, 0.15) is 0 Å². The molecule has 0 aliphatic carbocycles. The Labute approximate surface area is 81.1 Å². The minimum absolute atomic E-state index is 0.0459. The third-order valence-electron chi connectivity index (χ3n) is 2.66. The number of halogens is 3. The van der Waals surface area contributed by atoms with Gasteiger partial charge in [0, 0.05) is 26.2 Å². The molecule has 1 fully saturated rings. The van der Waals surface area contributed by atoms with Crippen LogP contribution in [0.25, 0.3) is 0 Å². The van der Waals surface area contributed by atoms with Crippen molar-refractivity contribution < 1.29 is 23.0 Å². The number of alkyl halides is 3. The molecule has 2 nitrogen and oxygen atoms in total. The highest BCUT2D eigenvalue weighted by molar-refractivity contribution is 4.74. The van der Waals surface area contributed by atoms with Crippen LogP contribution in [-0.2, 0) is 4.74 Å². The molecule has 0 saturated carbocycles. The number of ether oxygens (including phenoxy) is 1. The Balaban J connectivity index is 2.43. The Kier molecular flexibility index (Phi) is 4.19. The van der Waals surface area contributed by atoms with Crippen molar-refractivity contribution in [2.24, 2.45) is 11.8 Å². The summed E-state index contributed by atoms with van der Waals surface area (Å²) in [5.74, 6) is -0.700. The van der Waals surface area contributed by atoms with Crippen molar-refractivity contribution in [3.63, 3.8) is 0 Å². The van der Waals surface area contributed by atoms with Gasteiger partial charge in [0.05, 0.1) is 0 Å². The van der Waals surface area contributed by atoms with Crippen molar-refractivity contribution in [3.8, 4) is 0 Å². The summed E-state index contributed by atoms with van der Waals surface area (Å²) in [7, 11) is 0. The van der Waals surface area contributed by atoms with Crippen LogP contribution in [0.2, 0.25) is 0 Å². The number of aliphatic hydroxyl groups is 1. The molecule has 1 atom stereocenters. The van der Waals surface area contributed by atoms with E-state index >= 15 is 0 Å². The molecule has 0 aromatic heterocycles. The van der Waals surface area contributed by atoms with Gasteiger partial charge in [-0.2, -0.15) is 13.2 Å². The van der Waals surface area contributed by atoms with Gasteiger partial charge in [-0.15, -0.1) is 0 Å². The molecular formula is C9H15F3O2. The summed E-state index contributed by atoms with van der Waals surface area (Å²) in [5, 5.41) is 8.90. The van der Waals surface area contributed by atoms with Gasteiger partial charge < -0.3 is 9.84 Å². The van der Waals surface area contributed by atoms with Crippen LogP contribution in [0.4, 0.5) is 13.2 Å². The van der Waals surface area contributed by atoms with Gasteiger partial charge >= 0.3 is 6.18 Å². The summed E-state index contributed by atoms with van der Waals surface area (Å²) in [4.78, 5) is 0. The SMILES string of the molecule is OC[C@@H](CC(F)(F)F)C1CCOCC1. The van der Waals surface area contributed by atoms with Crippen molar-refractivity contribution in [1.29, 1.82) is 0 Å². The van der Waals surface area contributed by atoms with E-state index < -0.39 is 18.5 Å². The van der Waals surface area contributed by atoms with Gasteiger partial charge in [-0.3, -0.25) is 0 Å². The third kappa shape index (κ3) is 3.84. The molecule has 1 rings (SSSR count). The lowest BCUT2D eigenvalue weighted by Crippen LogP contribution is -2.29. The first-order valence-corrected chi connectivity index (χ1v) is 4.78. The van der Waals surface area contributed by atoms with Crippen LogP contribution in [-0.4, -0.2) is 31.1 Å². The largest absolute Gasteiger partial charge is 0.396 e. The smallest absolute Gasteiger partial charge is 0.389 e. The highest BCUT2D eigenvalue weighted by Crippen LogP contribution is 2.33. The van der Waals surface area contributed by atoms with Crippen LogP contribution in [0, 0.1) is 11.8 Å². The van der Waals surface area contributed by atoms with E-state index in [4.69, 9.17) is 9.84 Å². The number of hydrogen-bond acceptors (Lipinski definition) is 2. The molecular weight excluding hydrogens is 197 g/mol. The minimum atomic E-state index is -4.17. The maximum atomic E-state index is 12.1. The maximum Gasteiger partial charge on any atom is 0.389 e. The fraction of sp³-hybridized carbons (Fsp3) is 1.00. The van der Waals surface area contributed by atoms with Crippen molar-refractivity contribution in [2.45, 2.75) is 25.4 Å². The van der Waals surface area contributed by atoms with Gasteiger partial charge in [0.2, 0.25) is 0 Å². The van der Waals surface area contributed by atoms with Crippen molar-refractivity contribution >= 4 is 0 Å². The highest BCUT2D eigenvalue weighted by atomic mass is 19.4. The Morgan fingerprint density at radius 2 is 1.86 bits per heavy atom. The van der Waals surface area contributed by atoms with Crippen LogP contribution < -0.4 is 0 Å². The average Bonchev–Trinajstić information content (AvgIpc) is 2.14. The van der Waals surface area contributed by atoms with Gasteiger partial charge in [0.25, 0.3) is 0 Å². The van der Waals surface area contributed by atoms with E-state index in [1.807, 2.05) is 0 Å². The standard InChI is InChI=1S/C9H15F3O2/c10-9(11,12)5-8(6-13)7-1-3-14-4-2-7/h7-8,13H,1-6H2/t8-/m1/s1. The van der Waals surface area contributed by atoms with Crippen LogP contribution in [0.15, 0.2) is 0 Å². The fourth-order valence-corrected chi connectivity index (χ4v) is 1.86. The Hall–Kier alpha value is -0.290. The van der Waals surface area contributed by atoms with Crippen LogP contribution in [0.3, 0.4) is 0 Å². The third-order valence-corrected chi connectivity index (χ3v) is 2.66. The second kappa shape index (κ2) is 4.98. The average molecular weight is 212 g/mol. The molecule has 1 aliphatic rings. The zero-order valence-corrected chi connectivity index (χ0v) is 7.89. The first-order valence-electron chi connectivity index (χ1n) is 4.78. The zero-order chi connectivity index (χ0) is 10.6. The van der Waals surface area contributed by atoms with Crippen molar-refractivity contribution in [2.75, 3.05) is 19.8 Å². The Morgan fingerprint density at radius 1 is 1.29 bits per heavy atom. The maximum absolute atomic E-state index is 12.1. The first kappa shape index (κ1) is 11.8. The quantitative estimate of drug-likeness (QED) is 0.775. The summed E-state index contributed by atoms with van der Waals surface area (Å²) < 4.78 is 41.4. The first-order chi connectivity index (χ1) is 6.53. The molecule has 0 aromatic carbocycles. The lowest BCUT2D eigenvalue weighted by molar-refractivity contribution is -0.154. The van der Waals surface area contributed by atoms with E-state index in [0.717, 1.165) is 0 Å². The molecule has 0 aromatic rings. The fourth-order valence-electron chi connectivity index (χ4n) is 1.86. The van der Waals surface area contributed by atoms with E-state index in [1.54, 1.807) is 0 Å². The monoisotopic (exact) mass is 212 g/mol. The normalized spacial score (nSPS) is 22.3. The summed E-state index contributed by atoms with van der Waals surface area (Å²) in [6.07, 6.45) is -3.80. The van der Waals surface area contributed by atoms with E-state index in [0.29, 0.717) is 26.1 Å². The molecule has 14 heavy (non-hydrogen) atoms. The number of hydrogen-bond donors (Lipinski definition) is 1. The van der Waals surface area contributed by atoms with Crippen LogP contribution >= 0.6 is 0 Å². The summed E-state index contributed by atoms with van der Waals surface area (Å²) in [6.45, 7) is 0.641. The summed E-state index contributed by atoms with van der Waals surface area (Å²) in [5.41, 5.74) is 0. The zero-order valence-electron chi connectivity index (χ0n) is 7.89. The van der Waals surface area contributed by atoms with Crippen LogP contribution in [0.5, 0.6) is 0 Å². The predicted molar refractivity (Wildman–Crippen MR) is 44.8 cm³/mol. The van der Waals surface area contributed by atoms with Gasteiger partial charge in [-0.05, 0) is 24.7 Å². The second-order valence-electron chi connectivity index (χ2n) is 3.71. The molecule has 84 valence electrons. The highest BCUT2D eigenvalue weighted by Gasteiger charge is 2.35. The molecule has 1 N–H and O–H groups in total. The topological polar surface area (TPSA) is 29.5 Å². The summed E-state index contributed by atoms with van der Waals surface area (Å²) >= 11 is 0. The molecule has 1 aliphatic heterocycles. The molecule has 5 heteroatoms. The molecule has 0 bridgehead atoms. The second-order valence-corrected chi connectivity index (χ2v) is 3.71. The van der Waals surface area contributed by atoms with E-state index in [2.05, 4.69) is 0 Å². The lowest BCUT2D eigenvalue weighted by atomic mass is 9.84. The van der Waals surface area contributed by atoms with Crippen LogP contribution in [0.1, 0.15) is 19.3 Å². The molecule has 0 spiro atoms. The Morgan fingerprint density at radius 3 is 2.29 bits per heavy atom. The Bertz CT molecular complexity index is 164. The molecule has 1 heterocycles. The van der Waals surface area contributed by atoms with Crippen molar-refractivity contribution in [1.82, 2.24) is 0 Å². The predicted octanol–water partition coefficient (Wildman–Crippen LogP) is 1.97. The minimum Gasteiger partial charge on any atom is -0.396 e. The number of rotatable bonds is 3. The van der Waals surface area contributed by atoms with E-state index in [9.17, 15) is 13.2 Å². The summed E-state index contributed by atoms with van der Waals surface area (Å²) in [6, 6.07) is 0.